The molecule has 1 aliphatic carbocycles. The molecule has 0 aromatic carbocycles. The van der Waals surface area contributed by atoms with Gasteiger partial charge in [0.15, 0.2) is 5.78 Å². The first-order valence-corrected chi connectivity index (χ1v) is 2.85. The van der Waals surface area contributed by atoms with Crippen molar-refractivity contribution in [3.05, 3.63) is 34.0 Å². The average molecular weight is 154 g/mol. The average Bonchev–Trinajstić information content (AvgIpc) is 1.94. The van der Waals surface area contributed by atoms with Crippen LogP contribution in [0.3, 0.4) is 0 Å². The molecule has 0 N–H and O–H groups in total. The van der Waals surface area contributed by atoms with Gasteiger partial charge in [-0.05, 0) is 12.2 Å². The number of nitrogens with zero attached hydrogens (tertiary/aromatic N) is 1. The van der Waals surface area contributed by atoms with E-state index in [2.05, 4.69) is 0 Å². The van der Waals surface area contributed by atoms with Crippen LogP contribution >= 0.6 is 0 Å². The van der Waals surface area contributed by atoms with Crippen molar-refractivity contribution in [3.8, 4) is 0 Å². The van der Waals surface area contributed by atoms with Gasteiger partial charge in [0.25, 0.3) is 0 Å². The van der Waals surface area contributed by atoms with Crippen LogP contribution in [-0.2, 0) is 4.79 Å². The summed E-state index contributed by atoms with van der Waals surface area (Å²) >= 11 is 0. The second kappa shape index (κ2) is 2.63. The van der Waals surface area contributed by atoms with Gasteiger partial charge >= 0.3 is 0 Å². The van der Waals surface area contributed by atoms with Crippen molar-refractivity contribution < 1.29 is 14.8 Å². The maximum atomic E-state index is 10.7. The molecule has 1 aliphatic rings. The number of hydrogen-bond donors (Lipinski definition) is 0. The molecule has 0 aromatic heterocycles. The molecular weight excluding hydrogens is 150 g/mol. The van der Waals surface area contributed by atoms with Crippen LogP contribution in [0.1, 0.15) is 0 Å². The summed E-state index contributed by atoms with van der Waals surface area (Å²) in [6.07, 6.45) is 1.24. The lowest BCUT2D eigenvalue weighted by atomic mass is 10.1. The SMILES string of the molecule is O=C1C=CC([O-])C([N+](=O)[O-])=C1. The maximum Gasteiger partial charge on any atom is 0.240 e. The summed E-state index contributed by atoms with van der Waals surface area (Å²) in [7, 11) is 0. The van der Waals surface area contributed by atoms with Crippen LogP contribution in [0.15, 0.2) is 23.9 Å². The Labute approximate surface area is 61.8 Å². The second-order valence-corrected chi connectivity index (χ2v) is 2.01. The molecule has 0 heterocycles. The Balaban J connectivity index is 2.93. The van der Waals surface area contributed by atoms with E-state index in [4.69, 9.17) is 0 Å². The van der Waals surface area contributed by atoms with Crippen LogP contribution in [0.2, 0.25) is 0 Å². The highest BCUT2D eigenvalue weighted by molar-refractivity contribution is 6.00. The molecule has 11 heavy (non-hydrogen) atoms. The maximum absolute atomic E-state index is 10.7. The molecule has 1 atom stereocenters. The summed E-state index contributed by atoms with van der Waals surface area (Å²) in [6, 6.07) is 0. The molecule has 0 saturated carbocycles. The lowest BCUT2D eigenvalue weighted by Gasteiger charge is -2.15. The van der Waals surface area contributed by atoms with Crippen molar-refractivity contribution in [1.29, 1.82) is 0 Å². The van der Waals surface area contributed by atoms with E-state index in [1.165, 1.54) is 0 Å². The molecule has 0 saturated heterocycles. The van der Waals surface area contributed by atoms with Crippen LogP contribution < -0.4 is 5.11 Å². The van der Waals surface area contributed by atoms with Gasteiger partial charge in [-0.3, -0.25) is 14.9 Å². The van der Waals surface area contributed by atoms with Gasteiger partial charge in [0.1, 0.15) is 0 Å². The Morgan fingerprint density at radius 1 is 1.55 bits per heavy atom. The van der Waals surface area contributed by atoms with Crippen molar-refractivity contribution in [1.82, 2.24) is 0 Å². The van der Waals surface area contributed by atoms with E-state index in [1.807, 2.05) is 0 Å². The molecule has 0 aliphatic heterocycles. The third-order valence-corrected chi connectivity index (χ3v) is 1.23. The smallest absolute Gasteiger partial charge is 0.240 e. The highest BCUT2D eigenvalue weighted by Gasteiger charge is 2.17. The standard InChI is InChI=1S/C6H4NO4/c8-4-1-2-6(9)5(3-4)7(10)11/h1-3,6H/q-1. The normalized spacial score (nSPS) is 23.2. The summed E-state index contributed by atoms with van der Waals surface area (Å²) in [5.41, 5.74) is -0.586. The fourth-order valence-electron chi connectivity index (χ4n) is 0.713. The number of rotatable bonds is 1. The van der Waals surface area contributed by atoms with Crippen molar-refractivity contribution in [3.63, 3.8) is 0 Å². The predicted molar refractivity (Wildman–Crippen MR) is 33.0 cm³/mol. The lowest BCUT2D eigenvalue weighted by Crippen LogP contribution is -2.31. The van der Waals surface area contributed by atoms with Gasteiger partial charge in [-0.1, -0.05) is 6.08 Å². The van der Waals surface area contributed by atoms with E-state index in [-0.39, 0.29) is 0 Å². The minimum Gasteiger partial charge on any atom is -0.841 e. The summed E-state index contributed by atoms with van der Waals surface area (Å²) in [5, 5.41) is 20.8. The first kappa shape index (κ1) is 7.62. The van der Waals surface area contributed by atoms with E-state index >= 15 is 0 Å². The number of ketones is 1. The molecule has 0 fully saturated rings. The van der Waals surface area contributed by atoms with Crippen LogP contribution in [0, 0.1) is 10.1 Å². The van der Waals surface area contributed by atoms with Crippen molar-refractivity contribution >= 4 is 5.78 Å². The molecular formula is C6H4NO4-. The molecule has 0 radical (unpaired) electrons. The Morgan fingerprint density at radius 2 is 2.18 bits per heavy atom. The van der Waals surface area contributed by atoms with Crippen LogP contribution in [-0.4, -0.2) is 16.8 Å². The first-order chi connectivity index (χ1) is 5.11. The van der Waals surface area contributed by atoms with Gasteiger partial charge in [-0.2, -0.15) is 0 Å². The Morgan fingerprint density at radius 3 is 2.64 bits per heavy atom. The Kier molecular flexibility index (Phi) is 1.82. The quantitative estimate of drug-likeness (QED) is 0.358. The number of hydrogen-bond acceptors (Lipinski definition) is 4. The van der Waals surface area contributed by atoms with Crippen LogP contribution in [0.5, 0.6) is 0 Å². The van der Waals surface area contributed by atoms with E-state index < -0.39 is 22.5 Å². The zero-order valence-corrected chi connectivity index (χ0v) is 5.39. The summed E-state index contributed by atoms with van der Waals surface area (Å²) < 4.78 is 0. The molecule has 58 valence electrons. The molecule has 5 heteroatoms. The monoisotopic (exact) mass is 154 g/mol. The summed E-state index contributed by atoms with van der Waals surface area (Å²) in [6.45, 7) is 0. The van der Waals surface area contributed by atoms with Gasteiger partial charge in [0, 0.05) is 0 Å². The molecule has 1 unspecified atom stereocenters. The zero-order chi connectivity index (χ0) is 8.43. The van der Waals surface area contributed by atoms with Crippen LogP contribution in [0.4, 0.5) is 0 Å². The largest absolute Gasteiger partial charge is 0.841 e. The van der Waals surface area contributed by atoms with Crippen LogP contribution in [0.25, 0.3) is 0 Å². The third kappa shape index (κ3) is 1.50. The van der Waals surface area contributed by atoms with Crippen molar-refractivity contribution in [2.75, 3.05) is 0 Å². The van der Waals surface area contributed by atoms with E-state index in [9.17, 15) is 20.0 Å². The van der Waals surface area contributed by atoms with E-state index in [0.717, 1.165) is 18.2 Å². The number of nitro groups is 1. The topological polar surface area (TPSA) is 83.3 Å². The fraction of sp³-hybridized carbons (Fsp3) is 0.167. The lowest BCUT2D eigenvalue weighted by molar-refractivity contribution is -0.489. The van der Waals surface area contributed by atoms with Crippen molar-refractivity contribution in [2.45, 2.75) is 6.10 Å². The first-order valence-electron chi connectivity index (χ1n) is 2.85. The molecule has 0 aromatic rings. The Bertz CT molecular complexity index is 266. The number of carbonyl (C=O) groups excluding carboxylic acids is 1. The van der Waals surface area contributed by atoms with Gasteiger partial charge < -0.3 is 5.11 Å². The summed E-state index contributed by atoms with van der Waals surface area (Å²) in [5.74, 6) is -0.510. The molecule has 1 rings (SSSR count). The van der Waals surface area contributed by atoms with E-state index in [0.29, 0.717) is 0 Å². The predicted octanol–water partition coefficient (Wildman–Crippen LogP) is -0.985. The highest BCUT2D eigenvalue weighted by atomic mass is 16.6. The fourth-order valence-corrected chi connectivity index (χ4v) is 0.713. The number of carbonyl (C=O) groups is 1. The van der Waals surface area contributed by atoms with Crippen molar-refractivity contribution in [2.24, 2.45) is 0 Å². The molecule has 0 spiro atoms. The Hall–Kier alpha value is -1.49. The zero-order valence-electron chi connectivity index (χ0n) is 5.39. The van der Waals surface area contributed by atoms with E-state index in [1.54, 1.807) is 0 Å². The van der Waals surface area contributed by atoms with Gasteiger partial charge in [-0.15, -0.1) is 0 Å². The minimum atomic E-state index is -1.51. The third-order valence-electron chi connectivity index (χ3n) is 1.23. The minimum absolute atomic E-state index is 0.510. The molecule has 0 amide bonds. The summed E-state index contributed by atoms with van der Waals surface area (Å²) in [4.78, 5) is 19.7. The molecule has 5 nitrogen and oxygen atoms in total. The second-order valence-electron chi connectivity index (χ2n) is 2.01. The van der Waals surface area contributed by atoms with Gasteiger partial charge in [0.05, 0.1) is 11.0 Å². The highest BCUT2D eigenvalue weighted by Crippen LogP contribution is 2.07. The van der Waals surface area contributed by atoms with Gasteiger partial charge in [-0.25, -0.2) is 0 Å². The molecule has 0 bridgehead atoms. The van der Waals surface area contributed by atoms with Gasteiger partial charge in [0.2, 0.25) is 5.70 Å². The number of allylic oxidation sites excluding steroid dienone is 2.